The van der Waals surface area contributed by atoms with Gasteiger partial charge in [0.25, 0.3) is 0 Å². The molecule has 0 aromatic heterocycles. The van der Waals surface area contributed by atoms with E-state index in [0.717, 1.165) is 151 Å². The van der Waals surface area contributed by atoms with Crippen molar-refractivity contribution in [2.24, 2.45) is 25.0 Å². The maximum Gasteiger partial charge on any atom is 0.335 e. The predicted octanol–water partition coefficient (Wildman–Crippen LogP) is 26.3. The van der Waals surface area contributed by atoms with Gasteiger partial charge in [0.1, 0.15) is 28.7 Å². The first-order valence-corrected chi connectivity index (χ1v) is 41.8. The lowest BCUT2D eigenvalue weighted by molar-refractivity contribution is 0.0686. The molecule has 0 spiro atoms. The summed E-state index contributed by atoms with van der Waals surface area (Å²) >= 11 is 0. The minimum atomic E-state index is -0.936. The average Bonchev–Trinajstić information content (AvgIpc) is 0.894. The number of carbonyl (C=O) groups is 4. The zero-order chi connectivity index (χ0) is 85.1. The quantitative estimate of drug-likeness (QED) is 0.0205. The van der Waals surface area contributed by atoms with E-state index in [0.29, 0.717) is 12.3 Å². The molecule has 0 atom stereocenters. The number of aromatic carboxylic acids is 4. The number of nitrogens with zero attached hydrogens (tertiary/aromatic N) is 5. The molecule has 0 saturated carbocycles. The SMILES string of the molecule is CCCCCCCCOc1ccc(N=Cc2ccc(C(=O)O)cc2)cc1.CCCCCCCOc1ccc(C=Nc2ccc(CCCC)cc2)cc1.CCCCCCOc1ccc(C=Nc2ccc(C(=O)O)cc2)cc1.CCCCOc1ccc(C=Nc2ccc(C(=O)O)cc2)cc1.CCCOc1ccc(N=Cc2ccc(C(=O)O)cc2)cc1. The Balaban J connectivity index is 0.000000231. The molecule has 4 N–H and O–H groups in total. The summed E-state index contributed by atoms with van der Waals surface area (Å²) in [6.45, 7) is 16.8. The summed E-state index contributed by atoms with van der Waals surface area (Å²) in [6, 6.07) is 73.6. The van der Waals surface area contributed by atoms with Gasteiger partial charge in [-0.25, -0.2) is 19.2 Å². The smallest absolute Gasteiger partial charge is 0.335 e. The Morgan fingerprint density at radius 2 is 0.429 bits per heavy atom. The van der Waals surface area contributed by atoms with Crippen molar-refractivity contribution in [3.05, 3.63) is 298 Å². The van der Waals surface area contributed by atoms with Crippen molar-refractivity contribution in [2.45, 2.75) is 176 Å². The molecular formula is C101H119N5O13. The van der Waals surface area contributed by atoms with E-state index in [2.05, 4.69) is 103 Å². The third-order valence-corrected chi connectivity index (χ3v) is 18.2. The molecule has 0 fully saturated rings. The number of aliphatic imine (C=N–C) groups is 5. The number of unbranched alkanes of at least 4 members (excludes halogenated alkanes) is 14. The molecule has 119 heavy (non-hydrogen) atoms. The highest BCUT2D eigenvalue weighted by atomic mass is 16.5. The lowest BCUT2D eigenvalue weighted by Crippen LogP contribution is -1.97. The molecule has 0 radical (unpaired) electrons. The van der Waals surface area contributed by atoms with Crippen LogP contribution in [-0.4, -0.2) is 108 Å². The predicted molar refractivity (Wildman–Crippen MR) is 486 cm³/mol. The fourth-order valence-electron chi connectivity index (χ4n) is 11.1. The van der Waals surface area contributed by atoms with Crippen LogP contribution in [0, 0.1) is 0 Å². The summed E-state index contributed by atoms with van der Waals surface area (Å²) < 4.78 is 28.4. The Morgan fingerprint density at radius 3 is 0.689 bits per heavy atom. The molecule has 18 heteroatoms. The molecule has 626 valence electrons. The first-order chi connectivity index (χ1) is 58.1. The minimum Gasteiger partial charge on any atom is -0.494 e. The van der Waals surface area contributed by atoms with Gasteiger partial charge in [-0.05, 0) is 285 Å². The molecular weight excluding hydrogens is 1490 g/mol. The van der Waals surface area contributed by atoms with Gasteiger partial charge < -0.3 is 44.1 Å². The minimum absolute atomic E-state index is 0.257. The molecule has 18 nitrogen and oxygen atoms in total. The first-order valence-electron chi connectivity index (χ1n) is 41.8. The van der Waals surface area contributed by atoms with Gasteiger partial charge in [-0.1, -0.05) is 168 Å². The molecule has 10 aromatic rings. The lowest BCUT2D eigenvalue weighted by atomic mass is 10.1. The van der Waals surface area contributed by atoms with E-state index in [4.69, 9.17) is 44.1 Å². The monoisotopic (exact) mass is 1610 g/mol. The van der Waals surface area contributed by atoms with Crippen LogP contribution in [0.5, 0.6) is 28.7 Å². The van der Waals surface area contributed by atoms with Crippen LogP contribution in [0.15, 0.2) is 268 Å². The van der Waals surface area contributed by atoms with E-state index in [1.165, 1.54) is 95.5 Å². The Labute approximate surface area is 704 Å². The first kappa shape index (κ1) is 95.3. The summed E-state index contributed by atoms with van der Waals surface area (Å²) in [5.74, 6) is 0.643. The largest absolute Gasteiger partial charge is 0.494 e. The van der Waals surface area contributed by atoms with Gasteiger partial charge >= 0.3 is 23.9 Å². The average molecular weight is 1610 g/mol. The van der Waals surface area contributed by atoms with Crippen LogP contribution in [0.1, 0.15) is 245 Å². The Bertz CT molecular complexity index is 4610. The molecule has 0 saturated heterocycles. The standard InChI is InChI=1S/C24H33NO.C22H27NO3.C20H23NO3.C18H19NO3.C17H17NO3/c1-3-5-7-8-9-19-26-24-17-13-22(14-18-24)20-25-23-15-11-21(12-16-23)10-6-4-2;1-2-3-4-5-6-7-16-26-21-14-12-20(13-15-21)23-17-18-8-10-19(11-9-18)22(24)25;1-2-3-4-5-14-24-19-12-6-16(7-13-19)15-21-18-10-8-17(9-11-18)20(22)23;1-2-3-12-22-17-10-4-14(5-11-17)13-19-16-8-6-15(7-9-16)18(20)21;1-2-11-21-16-9-7-15(8-10-16)18-12-13-3-5-14(6-4-13)17(19)20/h11-18,20H,3-10,19H2,1-2H3;8-15,17H,2-7,16H2,1H3,(H,24,25);6-13,15H,2-5,14H2,1H3,(H,22,23);4-11,13H,2-3,12H2,1H3,(H,20,21);3-10,12H,2,11H2,1H3,(H,19,20). The van der Waals surface area contributed by atoms with E-state index in [9.17, 15) is 19.2 Å². The van der Waals surface area contributed by atoms with E-state index in [1.54, 1.807) is 122 Å². The number of aryl methyl sites for hydroxylation is 1. The summed E-state index contributed by atoms with van der Waals surface area (Å²) in [4.78, 5) is 65.1. The van der Waals surface area contributed by atoms with Gasteiger partial charge in [-0.3, -0.25) is 25.0 Å². The van der Waals surface area contributed by atoms with E-state index in [1.807, 2.05) is 115 Å². The second-order valence-corrected chi connectivity index (χ2v) is 28.2. The van der Waals surface area contributed by atoms with Crippen LogP contribution in [0.4, 0.5) is 28.4 Å². The molecule has 0 aliphatic heterocycles. The number of rotatable bonds is 45. The van der Waals surface area contributed by atoms with Crippen molar-refractivity contribution in [3.8, 4) is 28.7 Å². The molecule has 0 amide bonds. The van der Waals surface area contributed by atoms with Crippen LogP contribution < -0.4 is 23.7 Å². The van der Waals surface area contributed by atoms with E-state index in [-0.39, 0.29) is 22.3 Å². The van der Waals surface area contributed by atoms with Crippen molar-refractivity contribution in [1.29, 1.82) is 0 Å². The Kier molecular flexibility index (Phi) is 46.7. The molecule has 0 heterocycles. The summed E-state index contributed by atoms with van der Waals surface area (Å²) in [5.41, 5.74) is 11.3. The molecule has 10 rings (SSSR count). The molecule has 10 aromatic carbocycles. The molecule has 0 aliphatic carbocycles. The highest BCUT2D eigenvalue weighted by Gasteiger charge is 2.07. The zero-order valence-electron chi connectivity index (χ0n) is 70.1. The highest BCUT2D eigenvalue weighted by molar-refractivity contribution is 5.92. The van der Waals surface area contributed by atoms with Crippen molar-refractivity contribution in [2.75, 3.05) is 33.0 Å². The van der Waals surface area contributed by atoms with Gasteiger partial charge in [-0.15, -0.1) is 0 Å². The topological polar surface area (TPSA) is 257 Å². The van der Waals surface area contributed by atoms with Gasteiger partial charge in [0.2, 0.25) is 0 Å². The second kappa shape index (κ2) is 58.3. The van der Waals surface area contributed by atoms with Gasteiger partial charge in [-0.2, -0.15) is 0 Å². The molecule has 0 aliphatic rings. The normalized spacial score (nSPS) is 10.9. The Hall–Kier alpha value is -12.6. The Morgan fingerprint density at radius 1 is 0.227 bits per heavy atom. The lowest BCUT2D eigenvalue weighted by Gasteiger charge is -2.06. The van der Waals surface area contributed by atoms with Crippen molar-refractivity contribution < 1.29 is 63.3 Å². The number of benzene rings is 10. The second-order valence-electron chi connectivity index (χ2n) is 28.2. The number of ether oxygens (including phenoxy) is 5. The third kappa shape index (κ3) is 41.2. The van der Waals surface area contributed by atoms with Crippen LogP contribution in [0.25, 0.3) is 0 Å². The van der Waals surface area contributed by atoms with Crippen LogP contribution in [-0.2, 0) is 6.42 Å². The van der Waals surface area contributed by atoms with Crippen LogP contribution >= 0.6 is 0 Å². The summed E-state index contributed by atoms with van der Waals surface area (Å²) in [6.07, 6.45) is 34.2. The maximum absolute atomic E-state index is 10.8. The zero-order valence-corrected chi connectivity index (χ0v) is 70.1. The van der Waals surface area contributed by atoms with Crippen molar-refractivity contribution in [1.82, 2.24) is 0 Å². The molecule has 0 bridgehead atoms. The fraction of sp³-hybridized carbons (Fsp3) is 0.317. The van der Waals surface area contributed by atoms with E-state index < -0.39 is 23.9 Å². The van der Waals surface area contributed by atoms with Gasteiger partial charge in [0.15, 0.2) is 0 Å². The van der Waals surface area contributed by atoms with Gasteiger partial charge in [0.05, 0.1) is 83.7 Å². The third-order valence-electron chi connectivity index (χ3n) is 18.2. The van der Waals surface area contributed by atoms with Crippen molar-refractivity contribution >= 4 is 83.4 Å². The number of carboxylic acids is 4. The van der Waals surface area contributed by atoms with Crippen LogP contribution in [0.3, 0.4) is 0 Å². The summed E-state index contributed by atoms with van der Waals surface area (Å²) in [7, 11) is 0. The van der Waals surface area contributed by atoms with Gasteiger partial charge in [0, 0.05) is 31.1 Å². The highest BCUT2D eigenvalue weighted by Crippen LogP contribution is 2.24. The van der Waals surface area contributed by atoms with E-state index >= 15 is 0 Å². The molecule has 0 unspecified atom stereocenters. The fourth-order valence-corrected chi connectivity index (χ4v) is 11.1. The number of carboxylic acid groups (broad SMARTS) is 4. The maximum atomic E-state index is 10.8. The van der Waals surface area contributed by atoms with Crippen LogP contribution in [0.2, 0.25) is 0 Å². The summed E-state index contributed by atoms with van der Waals surface area (Å²) in [5, 5.41) is 35.4. The number of hydrogen-bond donors (Lipinski definition) is 4. The van der Waals surface area contributed by atoms with Crippen molar-refractivity contribution in [3.63, 3.8) is 0 Å². The number of hydrogen-bond acceptors (Lipinski definition) is 14.